The maximum Gasteiger partial charge on any atom is 0.241 e. The molecule has 0 radical (unpaired) electrons. The first-order chi connectivity index (χ1) is 21.9. The van der Waals surface area contributed by atoms with E-state index in [0.29, 0.717) is 28.9 Å². The molecule has 2 aromatic carbocycles. The number of aromatic nitrogens is 2. The Bertz CT molecular complexity index is 1690. The quantitative estimate of drug-likeness (QED) is 0.0559. The normalized spacial score (nSPS) is 12.1. The zero-order valence-electron chi connectivity index (χ0n) is 26.9. The number of rotatable bonds is 19. The molecule has 1 aromatic heterocycles. The van der Waals surface area contributed by atoms with Crippen molar-refractivity contribution in [3.8, 4) is 0 Å². The number of allylic oxidation sites excluding steroid dienone is 2. The Kier molecular flexibility index (Phi) is 14.0. The Balaban J connectivity index is 1.72. The highest BCUT2D eigenvalue weighted by molar-refractivity contribution is 8.78. The van der Waals surface area contributed by atoms with Crippen LogP contribution in [0.2, 0.25) is 0 Å². The number of Topliss-reactive ketones (excluding diaryl/α,β-unsaturated/α-hetero) is 2. The number of anilines is 2. The Morgan fingerprint density at radius 3 is 2.48 bits per heavy atom. The number of fused-ring (bicyclic) bond motifs is 1. The fraction of sp³-hybridized carbons (Fsp3) is 0.406. The summed E-state index contributed by atoms with van der Waals surface area (Å²) in [6.45, 7) is 5.35. The van der Waals surface area contributed by atoms with Gasteiger partial charge in [0.2, 0.25) is 16.4 Å². The number of nitrogen functional groups attached to an aromatic ring is 1. The van der Waals surface area contributed by atoms with Crippen molar-refractivity contribution in [3.05, 3.63) is 64.6 Å². The molecule has 0 aliphatic rings. The summed E-state index contributed by atoms with van der Waals surface area (Å²) in [5.41, 5.74) is 7.82. The lowest BCUT2D eigenvalue weighted by molar-refractivity contribution is -0.124. The van der Waals surface area contributed by atoms with Gasteiger partial charge in [-0.15, -0.1) is 0 Å². The van der Waals surface area contributed by atoms with Gasteiger partial charge in [-0.1, -0.05) is 65.6 Å². The van der Waals surface area contributed by atoms with Crippen molar-refractivity contribution in [3.63, 3.8) is 0 Å². The van der Waals surface area contributed by atoms with Crippen LogP contribution in [-0.2, 0) is 31.0 Å². The molecule has 0 spiro atoms. The Hall–Kier alpha value is -3.46. The average molecular weight is 687 g/mol. The molecule has 248 valence electrons. The summed E-state index contributed by atoms with van der Waals surface area (Å²) in [5.74, 6) is 0.667. The maximum atomic E-state index is 13.5. The number of nitrogens with two attached hydrogens (primary N) is 1. The molecule has 0 unspecified atom stereocenters. The second-order valence-electron chi connectivity index (χ2n) is 10.9. The highest BCUT2D eigenvalue weighted by atomic mass is 33.1. The Labute approximate surface area is 279 Å². The van der Waals surface area contributed by atoms with Crippen molar-refractivity contribution < 1.29 is 22.8 Å². The number of benzene rings is 2. The van der Waals surface area contributed by atoms with Gasteiger partial charge >= 0.3 is 0 Å². The number of carbonyl (C=O) groups is 3. The summed E-state index contributed by atoms with van der Waals surface area (Å²) >= 11 is 0. The Morgan fingerprint density at radius 1 is 1.09 bits per heavy atom. The van der Waals surface area contributed by atoms with Crippen LogP contribution in [0.3, 0.4) is 0 Å². The van der Waals surface area contributed by atoms with Crippen molar-refractivity contribution in [1.29, 1.82) is 0 Å². The molecule has 0 atom stereocenters. The highest BCUT2D eigenvalue weighted by Crippen LogP contribution is 2.36. The molecule has 3 rings (SSSR count). The van der Waals surface area contributed by atoms with E-state index in [9.17, 15) is 22.8 Å². The maximum absolute atomic E-state index is 13.5. The molecule has 3 N–H and O–H groups in total. The average Bonchev–Trinajstić information content (AvgIpc) is 3.01. The van der Waals surface area contributed by atoms with E-state index in [4.69, 9.17) is 5.73 Å². The summed E-state index contributed by atoms with van der Waals surface area (Å²) in [6, 6.07) is 10.5. The lowest BCUT2D eigenvalue weighted by Gasteiger charge is -2.21. The van der Waals surface area contributed by atoms with E-state index in [-0.39, 0.29) is 35.1 Å². The lowest BCUT2D eigenvalue weighted by atomic mass is 10.1. The van der Waals surface area contributed by atoms with Gasteiger partial charge in [-0.2, -0.15) is 0 Å². The number of aryl methyl sites for hydroxylation is 1. The largest absolute Gasteiger partial charge is 0.383 e. The SMILES string of the molecule is CCCCCSSC(C(=O)CC(=O)CCNS(=O)(=O)c1cccc2c(N(C)C)cccc12)=C(C)N(C=O)Cc1cnc(C)nc1N. The predicted molar refractivity (Wildman–Crippen MR) is 188 cm³/mol. The lowest BCUT2D eigenvalue weighted by Crippen LogP contribution is -2.27. The minimum atomic E-state index is -3.94. The van der Waals surface area contributed by atoms with Crippen molar-refractivity contribution in [2.24, 2.45) is 0 Å². The number of carbonyl (C=O) groups excluding carboxylic acids is 3. The molecule has 1 amide bonds. The fourth-order valence-corrected chi connectivity index (χ4v) is 8.42. The van der Waals surface area contributed by atoms with Crippen LogP contribution in [0.5, 0.6) is 0 Å². The number of nitrogens with zero attached hydrogens (tertiary/aromatic N) is 4. The molecule has 0 bridgehead atoms. The smallest absolute Gasteiger partial charge is 0.241 e. The second-order valence-corrected chi connectivity index (χ2v) is 15.1. The highest BCUT2D eigenvalue weighted by Gasteiger charge is 2.23. The van der Waals surface area contributed by atoms with Gasteiger partial charge in [-0.25, -0.2) is 23.1 Å². The van der Waals surface area contributed by atoms with Gasteiger partial charge in [-0.3, -0.25) is 14.4 Å². The van der Waals surface area contributed by atoms with Gasteiger partial charge in [-0.05, 0) is 32.4 Å². The van der Waals surface area contributed by atoms with E-state index in [1.54, 1.807) is 38.2 Å². The third kappa shape index (κ3) is 10.0. The van der Waals surface area contributed by atoms with Gasteiger partial charge in [0.25, 0.3) is 0 Å². The predicted octanol–water partition coefficient (Wildman–Crippen LogP) is 5.24. The summed E-state index contributed by atoms with van der Waals surface area (Å²) in [6.07, 6.45) is 4.62. The summed E-state index contributed by atoms with van der Waals surface area (Å²) in [5, 5.41) is 1.36. The van der Waals surface area contributed by atoms with Crippen LogP contribution in [0.1, 0.15) is 57.3 Å². The molecule has 0 saturated carbocycles. The Morgan fingerprint density at radius 2 is 1.80 bits per heavy atom. The second kappa shape index (κ2) is 17.5. The molecule has 0 aliphatic carbocycles. The third-order valence-electron chi connectivity index (χ3n) is 7.16. The molecule has 1 heterocycles. The van der Waals surface area contributed by atoms with Gasteiger partial charge in [0.05, 0.1) is 22.8 Å². The van der Waals surface area contributed by atoms with Crippen molar-refractivity contribution in [2.75, 3.05) is 37.0 Å². The molecule has 0 saturated heterocycles. The molecule has 3 aromatic rings. The van der Waals surface area contributed by atoms with Crippen LogP contribution in [0.25, 0.3) is 10.8 Å². The topological polar surface area (TPSA) is 156 Å². The molecule has 46 heavy (non-hydrogen) atoms. The summed E-state index contributed by atoms with van der Waals surface area (Å²) in [7, 11) is 2.56. The van der Waals surface area contributed by atoms with Crippen LogP contribution in [0.4, 0.5) is 11.5 Å². The van der Waals surface area contributed by atoms with Crippen LogP contribution >= 0.6 is 21.6 Å². The van der Waals surface area contributed by atoms with Crippen LogP contribution in [0, 0.1) is 6.92 Å². The van der Waals surface area contributed by atoms with Gasteiger partial charge in [0.15, 0.2) is 5.78 Å². The fourth-order valence-electron chi connectivity index (χ4n) is 4.64. The minimum Gasteiger partial charge on any atom is -0.383 e. The van der Waals surface area contributed by atoms with E-state index in [2.05, 4.69) is 21.6 Å². The molecule has 0 aliphatic heterocycles. The first-order valence-electron chi connectivity index (χ1n) is 14.9. The zero-order chi connectivity index (χ0) is 33.9. The minimum absolute atomic E-state index is 0.0548. The molecule has 11 nitrogen and oxygen atoms in total. The standard InChI is InChI=1S/C32H42N6O5S3/c1-6-7-8-17-44-45-31(22(2)38(21-39)20-24-19-34-23(3)36-32(24)33)29(41)18-25(40)15-16-35-46(42,43)30-14-10-11-26-27(30)12-9-13-28(26)37(4)5/h9-14,19,21,35H,6-8,15-18,20H2,1-5H3,(H2,33,34,36). The van der Waals surface area contributed by atoms with E-state index >= 15 is 0 Å². The van der Waals surface area contributed by atoms with E-state index in [0.717, 1.165) is 36.1 Å². The van der Waals surface area contributed by atoms with Crippen LogP contribution in [0.15, 0.2) is 58.1 Å². The van der Waals surface area contributed by atoms with Crippen LogP contribution in [-0.4, -0.2) is 67.7 Å². The zero-order valence-corrected chi connectivity index (χ0v) is 29.4. The first-order valence-corrected chi connectivity index (χ1v) is 18.7. The van der Waals surface area contributed by atoms with Gasteiger partial charge in [0.1, 0.15) is 17.4 Å². The summed E-state index contributed by atoms with van der Waals surface area (Å²) < 4.78 is 29.0. The number of sulfonamides is 1. The number of nitrogens with one attached hydrogen (secondary N) is 1. The molecule has 0 fully saturated rings. The number of ketones is 2. The van der Waals surface area contributed by atoms with E-state index in [1.807, 2.05) is 31.1 Å². The van der Waals surface area contributed by atoms with E-state index in [1.165, 1.54) is 32.6 Å². The van der Waals surface area contributed by atoms with Gasteiger partial charge < -0.3 is 15.5 Å². The van der Waals surface area contributed by atoms with Crippen molar-refractivity contribution in [1.82, 2.24) is 19.6 Å². The molecule has 14 heteroatoms. The van der Waals surface area contributed by atoms with Crippen molar-refractivity contribution >= 4 is 71.9 Å². The number of hydrogen-bond acceptors (Lipinski definition) is 11. The molecular weight excluding hydrogens is 645 g/mol. The monoisotopic (exact) mass is 686 g/mol. The van der Waals surface area contributed by atoms with E-state index < -0.39 is 28.0 Å². The van der Waals surface area contributed by atoms with Gasteiger partial charge in [0, 0.05) is 66.7 Å². The number of hydrogen-bond donors (Lipinski definition) is 2. The summed E-state index contributed by atoms with van der Waals surface area (Å²) in [4.78, 5) is 50.5. The number of unbranched alkanes of at least 4 members (excludes halogenated alkanes) is 2. The third-order valence-corrected chi connectivity index (χ3v) is 11.3. The molecular formula is C32H42N6O5S3. The number of amides is 1. The van der Waals surface area contributed by atoms with Crippen LogP contribution < -0.4 is 15.4 Å². The van der Waals surface area contributed by atoms with Crippen molar-refractivity contribution in [2.45, 2.75) is 64.3 Å². The first kappa shape index (κ1) is 37.0.